The number of ether oxygens (including phenoxy) is 4. The largest absolute Gasteiger partial charge is 0.491 e. The molecule has 8 rings (SSSR count). The Morgan fingerprint density at radius 3 is 1.08 bits per heavy atom. The van der Waals surface area contributed by atoms with Gasteiger partial charge in [-0.05, 0) is 90.6 Å². The van der Waals surface area contributed by atoms with Gasteiger partial charge in [-0.2, -0.15) is 0 Å². The second-order valence-corrected chi connectivity index (χ2v) is 15.2. The van der Waals surface area contributed by atoms with Crippen LogP contribution in [0.25, 0.3) is 43.1 Å². The average Bonchev–Trinajstić information content (AvgIpc) is 3.27. The third-order valence-corrected chi connectivity index (χ3v) is 10.8. The van der Waals surface area contributed by atoms with Crippen LogP contribution in [0.2, 0.25) is 0 Å². The molecule has 0 fully saturated rings. The minimum Gasteiger partial charge on any atom is -0.491 e. The molecular weight excluding hydrogens is 741 g/mol. The highest BCUT2D eigenvalue weighted by molar-refractivity contribution is 6.17. The molecule has 0 aliphatic carbocycles. The zero-order valence-electron chi connectivity index (χ0n) is 32.8. The van der Waals surface area contributed by atoms with Crippen molar-refractivity contribution in [2.75, 3.05) is 26.4 Å². The van der Waals surface area contributed by atoms with E-state index in [1.807, 2.05) is 146 Å². The molecule has 296 valence electrons. The predicted molar refractivity (Wildman–Crippen MR) is 231 cm³/mol. The summed E-state index contributed by atoms with van der Waals surface area (Å²) in [7, 11) is 0. The van der Waals surface area contributed by atoms with E-state index in [4.69, 9.17) is 18.9 Å². The zero-order valence-corrected chi connectivity index (χ0v) is 32.8. The number of hydrogen-bond acceptors (Lipinski definition) is 8. The van der Waals surface area contributed by atoms with Gasteiger partial charge in [0, 0.05) is 5.41 Å². The van der Waals surface area contributed by atoms with Crippen LogP contribution in [0.15, 0.2) is 158 Å². The quantitative estimate of drug-likeness (QED) is 0.0829. The predicted octanol–water partition coefficient (Wildman–Crippen LogP) is 9.82. The van der Waals surface area contributed by atoms with Gasteiger partial charge >= 0.3 is 11.9 Å². The summed E-state index contributed by atoms with van der Waals surface area (Å²) in [6.07, 6.45) is -2.05. The maximum Gasteiger partial charge on any atom is 0.339 e. The molecule has 8 nitrogen and oxygen atoms in total. The van der Waals surface area contributed by atoms with Crippen LogP contribution < -0.4 is 9.47 Å². The minimum absolute atomic E-state index is 0.0493. The highest BCUT2D eigenvalue weighted by Gasteiger charge is 2.24. The van der Waals surface area contributed by atoms with Gasteiger partial charge in [0.1, 0.15) is 50.1 Å². The summed E-state index contributed by atoms with van der Waals surface area (Å²) in [5, 5.41) is 28.3. The molecule has 0 saturated heterocycles. The van der Waals surface area contributed by atoms with E-state index in [-0.39, 0.29) is 31.8 Å². The van der Waals surface area contributed by atoms with Crippen molar-refractivity contribution in [1.82, 2.24) is 0 Å². The Kier molecular flexibility index (Phi) is 11.3. The van der Waals surface area contributed by atoms with Crippen molar-refractivity contribution < 1.29 is 38.7 Å². The SMILES string of the molecule is CC(C)(c1ccc(OCC(O)COC(=O)c2c3ccccc3cc3ccccc23)cc1)c1ccc(OCC(O)COC(=O)c2c3ccccc3cc3ccccc23)cc1. The number of esters is 2. The molecule has 0 amide bonds. The number of aliphatic hydroxyl groups is 2. The molecule has 8 aromatic carbocycles. The second kappa shape index (κ2) is 17.0. The number of rotatable bonds is 14. The normalized spacial score (nSPS) is 12.7. The Labute approximate surface area is 342 Å². The zero-order chi connectivity index (χ0) is 40.9. The first-order valence-electron chi connectivity index (χ1n) is 19.6. The Morgan fingerprint density at radius 1 is 0.458 bits per heavy atom. The van der Waals surface area contributed by atoms with E-state index in [1.54, 1.807) is 0 Å². The van der Waals surface area contributed by atoms with Crippen molar-refractivity contribution >= 4 is 55.0 Å². The molecule has 0 aliphatic rings. The standard InChI is InChI=1S/C51H44O8/c1-51(2,37-19-23-41(24-20-37)56-29-39(52)31-58-49(54)47-43-15-7-3-11-33(43)27-34-12-4-8-16-44(34)47)38-21-25-42(26-22-38)57-30-40(53)32-59-50(55)48-45-17-9-5-13-35(45)28-36-14-6-10-18-46(36)48/h3-28,39-40,52-53H,29-32H2,1-2H3. The summed E-state index contributed by atoms with van der Waals surface area (Å²) in [5.41, 5.74) is 2.69. The van der Waals surface area contributed by atoms with Crippen LogP contribution >= 0.6 is 0 Å². The van der Waals surface area contributed by atoms with Gasteiger partial charge in [-0.25, -0.2) is 9.59 Å². The van der Waals surface area contributed by atoms with Crippen molar-refractivity contribution in [2.45, 2.75) is 31.5 Å². The maximum absolute atomic E-state index is 13.3. The van der Waals surface area contributed by atoms with E-state index in [2.05, 4.69) is 26.0 Å². The van der Waals surface area contributed by atoms with Crippen LogP contribution in [0.5, 0.6) is 11.5 Å². The lowest BCUT2D eigenvalue weighted by atomic mass is 9.78. The summed E-state index contributed by atoms with van der Waals surface area (Å²) in [6, 6.07) is 50.2. The summed E-state index contributed by atoms with van der Waals surface area (Å²) in [4.78, 5) is 26.6. The molecule has 2 atom stereocenters. The van der Waals surface area contributed by atoms with Gasteiger partial charge in [-0.3, -0.25) is 0 Å². The van der Waals surface area contributed by atoms with Gasteiger partial charge in [0.15, 0.2) is 0 Å². The summed E-state index contributed by atoms with van der Waals surface area (Å²) in [6.45, 7) is 3.72. The Balaban J connectivity index is 0.817. The number of carbonyl (C=O) groups excluding carboxylic acids is 2. The Bertz CT molecular complexity index is 2480. The molecule has 59 heavy (non-hydrogen) atoms. The van der Waals surface area contributed by atoms with Crippen LogP contribution in [-0.2, 0) is 14.9 Å². The van der Waals surface area contributed by atoms with Gasteiger partial charge < -0.3 is 29.2 Å². The average molecular weight is 785 g/mol. The van der Waals surface area contributed by atoms with E-state index >= 15 is 0 Å². The molecule has 0 aliphatic heterocycles. The molecule has 0 spiro atoms. The van der Waals surface area contributed by atoms with Crippen LogP contribution in [0.1, 0.15) is 45.7 Å². The smallest absolute Gasteiger partial charge is 0.339 e. The van der Waals surface area contributed by atoms with Gasteiger partial charge in [-0.1, -0.05) is 135 Å². The molecule has 0 heterocycles. The molecule has 2 N–H and O–H groups in total. The number of benzene rings is 8. The van der Waals surface area contributed by atoms with E-state index in [0.717, 1.165) is 54.2 Å². The van der Waals surface area contributed by atoms with Crippen molar-refractivity contribution in [3.63, 3.8) is 0 Å². The lowest BCUT2D eigenvalue weighted by Crippen LogP contribution is -2.25. The van der Waals surface area contributed by atoms with Crippen molar-refractivity contribution in [1.29, 1.82) is 0 Å². The van der Waals surface area contributed by atoms with Crippen molar-refractivity contribution in [3.8, 4) is 11.5 Å². The Morgan fingerprint density at radius 2 is 0.763 bits per heavy atom. The van der Waals surface area contributed by atoms with Crippen LogP contribution in [-0.4, -0.2) is 60.8 Å². The van der Waals surface area contributed by atoms with E-state index in [0.29, 0.717) is 22.6 Å². The molecular formula is C51H44O8. The molecule has 8 heteroatoms. The first-order valence-corrected chi connectivity index (χ1v) is 19.6. The third kappa shape index (κ3) is 8.46. The van der Waals surface area contributed by atoms with Crippen LogP contribution in [0.4, 0.5) is 0 Å². The molecule has 0 radical (unpaired) electrons. The molecule has 0 bridgehead atoms. The molecule has 0 aromatic heterocycles. The van der Waals surface area contributed by atoms with Gasteiger partial charge in [0.05, 0.1) is 11.1 Å². The molecule has 0 saturated carbocycles. The van der Waals surface area contributed by atoms with E-state index < -0.39 is 24.1 Å². The number of hydrogen-bond donors (Lipinski definition) is 2. The molecule has 2 unspecified atom stereocenters. The van der Waals surface area contributed by atoms with Crippen LogP contribution in [0.3, 0.4) is 0 Å². The Hall–Kier alpha value is -6.74. The lowest BCUT2D eigenvalue weighted by molar-refractivity contribution is 0.0130. The second-order valence-electron chi connectivity index (χ2n) is 15.2. The van der Waals surface area contributed by atoms with Gasteiger partial charge in [0.25, 0.3) is 0 Å². The number of aliphatic hydroxyl groups excluding tert-OH is 2. The first-order chi connectivity index (χ1) is 28.7. The fourth-order valence-electron chi connectivity index (χ4n) is 7.54. The summed E-state index contributed by atoms with van der Waals surface area (Å²) >= 11 is 0. The summed E-state index contributed by atoms with van der Waals surface area (Å²) in [5.74, 6) is 0.165. The fourth-order valence-corrected chi connectivity index (χ4v) is 7.54. The highest BCUT2D eigenvalue weighted by Crippen LogP contribution is 2.34. The minimum atomic E-state index is -1.02. The van der Waals surface area contributed by atoms with E-state index in [1.165, 1.54) is 0 Å². The third-order valence-electron chi connectivity index (χ3n) is 10.8. The lowest BCUT2D eigenvalue weighted by Gasteiger charge is -2.26. The first kappa shape index (κ1) is 39.1. The number of carbonyl (C=O) groups is 2. The monoisotopic (exact) mass is 784 g/mol. The molecule has 8 aromatic rings. The number of fused-ring (bicyclic) bond motifs is 4. The topological polar surface area (TPSA) is 112 Å². The summed E-state index contributed by atoms with van der Waals surface area (Å²) < 4.78 is 22.9. The van der Waals surface area contributed by atoms with Crippen molar-refractivity contribution in [3.05, 3.63) is 180 Å². The van der Waals surface area contributed by atoms with E-state index in [9.17, 15) is 19.8 Å². The van der Waals surface area contributed by atoms with Crippen molar-refractivity contribution in [2.24, 2.45) is 0 Å². The fraction of sp³-hybridized carbons (Fsp3) is 0.176. The van der Waals surface area contributed by atoms with Gasteiger partial charge in [-0.15, -0.1) is 0 Å². The van der Waals surface area contributed by atoms with Crippen LogP contribution in [0, 0.1) is 0 Å². The van der Waals surface area contributed by atoms with Gasteiger partial charge in [0.2, 0.25) is 0 Å². The highest BCUT2D eigenvalue weighted by atomic mass is 16.6. The maximum atomic E-state index is 13.3.